The van der Waals surface area contributed by atoms with Gasteiger partial charge in [-0.1, -0.05) is 109 Å². The summed E-state index contributed by atoms with van der Waals surface area (Å²) < 4.78 is 26.0. The number of anilines is 1. The molecule has 0 saturated carbocycles. The van der Waals surface area contributed by atoms with E-state index in [4.69, 9.17) is 21.1 Å². The van der Waals surface area contributed by atoms with Crippen molar-refractivity contribution in [1.82, 2.24) is 20.0 Å². The molecule has 2 atom stereocenters. The van der Waals surface area contributed by atoms with Gasteiger partial charge in [0.2, 0.25) is 5.91 Å². The van der Waals surface area contributed by atoms with E-state index >= 15 is 0 Å². The average molecular weight is 1330 g/mol. The third-order valence-electron chi connectivity index (χ3n) is 14.8. The molecule has 14 heteroatoms. The topological polar surface area (TPSA) is 115 Å². The molecule has 2 aliphatic heterocycles. The van der Waals surface area contributed by atoms with Gasteiger partial charge in [-0.2, -0.15) is 6.42 Å². The first-order chi connectivity index (χ1) is 37.3. The molecule has 79 heavy (non-hydrogen) atoms. The van der Waals surface area contributed by atoms with E-state index in [0.717, 1.165) is 118 Å². The van der Waals surface area contributed by atoms with Crippen molar-refractivity contribution in [3.63, 3.8) is 0 Å². The normalized spacial score (nSPS) is 14.7. The molecule has 2 aliphatic rings. The number of halogens is 2. The average Bonchev–Trinajstić information content (AvgIpc) is 3.41. The van der Waals surface area contributed by atoms with Crippen LogP contribution in [-0.2, 0) is 20.9 Å². The summed E-state index contributed by atoms with van der Waals surface area (Å²) in [6.45, 7) is 30.0. The van der Waals surface area contributed by atoms with Crippen LogP contribution in [0.1, 0.15) is 147 Å². The Morgan fingerprint density at radius 1 is 0.987 bits per heavy atom. The summed E-state index contributed by atoms with van der Waals surface area (Å²) in [6.07, 6.45) is 12.9. The van der Waals surface area contributed by atoms with Crippen LogP contribution in [0.5, 0.6) is 11.5 Å². The second kappa shape index (κ2) is 34.2. The van der Waals surface area contributed by atoms with Gasteiger partial charge >= 0.3 is 5.97 Å². The molecular formula is C65H90ClFN5O6U-. The number of likely N-dealkylation sites (N-methyl/N-ethyl adjacent to an activating group) is 1. The van der Waals surface area contributed by atoms with Crippen molar-refractivity contribution >= 4 is 57.0 Å². The number of hydrogen-bond donors (Lipinski definition) is 2. The van der Waals surface area contributed by atoms with Crippen molar-refractivity contribution in [2.45, 2.75) is 146 Å². The molecule has 2 heterocycles. The van der Waals surface area contributed by atoms with Crippen molar-refractivity contribution in [2.24, 2.45) is 5.92 Å². The first-order valence-electron chi connectivity index (χ1n) is 28.1. The number of nitrogens with one attached hydrogen (secondary N) is 1. The summed E-state index contributed by atoms with van der Waals surface area (Å²) in [5.74, 6) is 1.09. The summed E-state index contributed by atoms with van der Waals surface area (Å²) in [4.78, 5) is 45.6. The fraction of sp³-hybridized carbons (Fsp3) is 0.477. The second-order valence-electron chi connectivity index (χ2n) is 20.7. The van der Waals surface area contributed by atoms with E-state index in [-0.39, 0.29) is 61.4 Å². The number of piperidine rings is 1. The van der Waals surface area contributed by atoms with E-state index in [2.05, 4.69) is 84.5 Å². The maximum atomic E-state index is 13.7. The van der Waals surface area contributed by atoms with E-state index in [9.17, 15) is 23.9 Å². The van der Waals surface area contributed by atoms with Crippen LogP contribution in [0.3, 0.4) is 0 Å². The Balaban J connectivity index is 0.000000372. The molecule has 0 radical (unpaired) electrons. The van der Waals surface area contributed by atoms with Gasteiger partial charge in [0.05, 0.1) is 12.3 Å². The number of amides is 2. The number of ether oxygens (including phenoxy) is 2. The summed E-state index contributed by atoms with van der Waals surface area (Å²) in [6, 6.07) is 17.8. The Morgan fingerprint density at radius 2 is 1.70 bits per heavy atom. The number of carboxylic acids is 1. The first-order valence-corrected chi connectivity index (χ1v) is 28.5. The van der Waals surface area contributed by atoms with E-state index in [1.807, 2.05) is 86.0 Å². The number of benzene rings is 4. The van der Waals surface area contributed by atoms with E-state index in [0.29, 0.717) is 54.5 Å². The van der Waals surface area contributed by atoms with E-state index in [1.54, 1.807) is 18.8 Å². The zero-order chi connectivity index (χ0) is 57.6. The number of nitrogens with zero attached hydrogens (tertiary/aromatic N) is 4. The number of carbonyl (C=O) groups excluding carboxylic acids is 2. The van der Waals surface area contributed by atoms with Gasteiger partial charge in [-0.25, -0.2) is 15.7 Å². The largest absolute Gasteiger partial charge is 0.504 e. The quantitative estimate of drug-likeness (QED) is 0.0402. The minimum Gasteiger partial charge on any atom is -0.504 e. The van der Waals surface area contributed by atoms with Crippen LogP contribution in [0.2, 0.25) is 5.02 Å². The van der Waals surface area contributed by atoms with Crippen LogP contribution in [0, 0.1) is 63.2 Å². The number of fused-ring (bicyclic) bond motifs is 1. The fourth-order valence-corrected chi connectivity index (χ4v) is 10.4. The molecule has 430 valence electrons. The Labute approximate surface area is 502 Å². The number of rotatable bonds is 24. The third-order valence-corrected chi connectivity index (χ3v) is 15.1. The van der Waals surface area contributed by atoms with Gasteiger partial charge in [0, 0.05) is 117 Å². The number of carbonyl (C=O) groups is 3. The van der Waals surface area contributed by atoms with Crippen LogP contribution < -0.4 is 19.7 Å². The number of aryl methyl sites for hydroxylation is 1. The van der Waals surface area contributed by atoms with Crippen LogP contribution >= 0.6 is 11.6 Å². The summed E-state index contributed by atoms with van der Waals surface area (Å²) in [5, 5.41) is 15.2. The smallest absolute Gasteiger partial charge is 0.331 e. The van der Waals surface area contributed by atoms with Gasteiger partial charge < -0.3 is 39.5 Å². The Hall–Kier alpha value is -5.22. The zero-order valence-corrected chi connectivity index (χ0v) is 54.6. The van der Waals surface area contributed by atoms with Gasteiger partial charge in [-0.15, -0.1) is 0 Å². The van der Waals surface area contributed by atoms with E-state index in [1.165, 1.54) is 31.4 Å². The minimum atomic E-state index is -0.913. The molecule has 2 unspecified atom stereocenters. The molecule has 0 aliphatic carbocycles. The van der Waals surface area contributed by atoms with Crippen LogP contribution in [0.25, 0.3) is 21.9 Å². The van der Waals surface area contributed by atoms with Gasteiger partial charge in [0.15, 0.2) is 6.61 Å². The Morgan fingerprint density at radius 3 is 2.29 bits per heavy atom. The second-order valence-corrected chi connectivity index (χ2v) is 21.2. The monoisotopic (exact) mass is 1330 g/mol. The number of aliphatic carboxylic acids is 1. The van der Waals surface area contributed by atoms with Crippen molar-refractivity contribution in [1.29, 1.82) is 0 Å². The number of carboxylic acid groups (broad SMARTS) is 1. The van der Waals surface area contributed by atoms with Crippen LogP contribution in [-0.4, -0.2) is 97.6 Å². The summed E-state index contributed by atoms with van der Waals surface area (Å²) in [7, 11) is 5.97. The van der Waals surface area contributed by atoms with Crippen molar-refractivity contribution in [3.8, 4) is 11.5 Å². The molecule has 0 aromatic heterocycles. The van der Waals surface area contributed by atoms with Gasteiger partial charge in [0.25, 0.3) is 5.91 Å². The van der Waals surface area contributed by atoms with Gasteiger partial charge in [0.1, 0.15) is 23.4 Å². The molecule has 2 amide bonds. The molecule has 11 nitrogen and oxygen atoms in total. The van der Waals surface area contributed by atoms with Crippen molar-refractivity contribution in [2.75, 3.05) is 58.9 Å². The number of hydrogen-bond acceptors (Lipinski definition) is 8. The maximum Gasteiger partial charge on any atom is 0.331 e. The van der Waals surface area contributed by atoms with Gasteiger partial charge in [-0.3, -0.25) is 9.59 Å². The third kappa shape index (κ3) is 18.9. The van der Waals surface area contributed by atoms with Crippen molar-refractivity contribution in [3.05, 3.63) is 142 Å². The molecule has 0 spiro atoms. The summed E-state index contributed by atoms with van der Waals surface area (Å²) >= 11 is 6.79. The predicted molar refractivity (Wildman–Crippen MR) is 322 cm³/mol. The first kappa shape index (κ1) is 68.1. The maximum absolute atomic E-state index is 13.7. The molecule has 0 bridgehead atoms. The SMILES string of the molecule is C=CN(Cc1c(C)ccc(N(C)C)c1OCC(=O)N(CCC)CCC)C1CC[CH-]NC1=O.CC/C(C(=O)O)=C(/CCCOc1cccc2cc(F)ccc12)c1ccc(Cl)c(C2=C(C)N(C)CC=C2C)c1C.CCCC(C)CC.[U]. The number of allylic oxidation sites excluding steroid dienone is 4. The van der Waals surface area contributed by atoms with Crippen LogP contribution in [0.4, 0.5) is 10.1 Å². The molecular weight excluding hydrogens is 1240 g/mol. The van der Waals surface area contributed by atoms with Crippen molar-refractivity contribution < 1.29 is 64.5 Å². The zero-order valence-electron chi connectivity index (χ0n) is 49.7. The van der Waals surface area contributed by atoms with Gasteiger partial charge in [-0.05, 0) is 148 Å². The fourth-order valence-electron chi connectivity index (χ4n) is 10.1. The molecule has 4 aromatic carbocycles. The molecule has 6 rings (SSSR count). The summed E-state index contributed by atoms with van der Waals surface area (Å²) in [5.41, 5.74) is 10.3. The molecule has 1 fully saturated rings. The van der Waals surface area contributed by atoms with Crippen LogP contribution in [0.15, 0.2) is 96.4 Å². The Bertz CT molecular complexity index is 2770. The Kier molecular flexibility index (Phi) is 29.4. The van der Waals surface area contributed by atoms with E-state index < -0.39 is 5.97 Å². The minimum absolute atomic E-state index is 0. The molecule has 4 aromatic rings. The standard InChI is InChI=1S/C33H35ClFNO3.C25H39N4O3.C7H16.U/c1-6-25(33(37)38)28(10-8-18-39-30-11-7-9-23-19-24(35)12-13-27(23)30)26-14-15-29(34)32(21(26)3)31-20(2)16-17-36(5)22(31)4;1-7-15-29(16-8-2)23(30)18-32-24-20(19(4)12-13-21(24)27(5)6)17-28(9-3)22-11-10-14-26-25(22)31;1-4-6-7(3)5-2;/h7,9,11-16,19H,6,8,10,17-18H2,1-5H3,(H,37,38);9,12-14,22H,3,7-8,10-11,15-18H2,1-2,4-6H3,(H,26,31);7H,4-6H2,1-3H3;/q;-1;;/b28-25+;;;. The molecule has 2 N–H and O–H groups in total. The molecule has 1 saturated heterocycles. The predicted octanol–water partition coefficient (Wildman–Crippen LogP) is 15.0.